The van der Waals surface area contributed by atoms with E-state index in [9.17, 15) is 29.1 Å². The van der Waals surface area contributed by atoms with Crippen molar-refractivity contribution in [1.82, 2.24) is 0 Å². The monoisotopic (exact) mass is 1090 g/mol. The van der Waals surface area contributed by atoms with Crippen LogP contribution in [0.4, 0.5) is 0 Å². The maximum Gasteiger partial charge on any atom is 0.316 e. The summed E-state index contributed by atoms with van der Waals surface area (Å²) in [5.41, 5.74) is -4.44. The predicted molar refractivity (Wildman–Crippen MR) is 306 cm³/mol. The van der Waals surface area contributed by atoms with Gasteiger partial charge in [0.2, 0.25) is 0 Å². The van der Waals surface area contributed by atoms with Gasteiger partial charge in [-0.1, -0.05) is 55.4 Å². The van der Waals surface area contributed by atoms with Crippen molar-refractivity contribution in [2.75, 3.05) is 0 Å². The maximum absolute atomic E-state index is 12.7. The SMILES string of the molecule is CCC(C)(C)C(=O)OC1(C(C)(C)C)CCCC1.CCC(C)(C)C(=O)OC1(CC)CC2CC1C1C3CCC(C3)C21.CCC(C)(C)C(=O)OC12CC3CC(CC(O)(C3)C1)C2.CCC(C)(C)C(=O)OC12CCCCC1OC(=O)C2(C)C. The summed E-state index contributed by atoms with van der Waals surface area (Å²) in [7, 11) is 0. The lowest BCUT2D eigenvalue weighted by molar-refractivity contribution is -0.225. The zero-order valence-corrected chi connectivity index (χ0v) is 52.7. The third-order valence-corrected chi connectivity index (χ3v) is 23.8. The highest BCUT2D eigenvalue weighted by Gasteiger charge is 2.69. The molecule has 1 aliphatic heterocycles. The molecule has 11 fully saturated rings. The van der Waals surface area contributed by atoms with Gasteiger partial charge in [0.05, 0.1) is 27.3 Å². The lowest BCUT2D eigenvalue weighted by Gasteiger charge is -2.59. The molecule has 11 atom stereocenters. The fourth-order valence-corrected chi connectivity index (χ4v) is 17.0. The summed E-state index contributed by atoms with van der Waals surface area (Å²) in [5.74, 6) is 5.94. The van der Waals surface area contributed by atoms with Crippen molar-refractivity contribution < 1.29 is 52.8 Å². The van der Waals surface area contributed by atoms with Crippen LogP contribution in [0.25, 0.3) is 0 Å². The average Bonchev–Trinajstić information content (AvgIpc) is 4.38. The van der Waals surface area contributed by atoms with Crippen molar-refractivity contribution in [2.24, 2.45) is 79.8 Å². The Bertz CT molecular complexity index is 2170. The number of esters is 5. The first kappa shape index (κ1) is 62.9. The molecule has 1 heterocycles. The van der Waals surface area contributed by atoms with Gasteiger partial charge >= 0.3 is 29.8 Å². The Morgan fingerprint density at radius 1 is 0.551 bits per heavy atom. The molecule has 11 unspecified atom stereocenters. The van der Waals surface area contributed by atoms with Gasteiger partial charge in [-0.25, -0.2) is 0 Å². The van der Waals surface area contributed by atoms with E-state index in [2.05, 4.69) is 34.6 Å². The molecule has 11 nitrogen and oxygen atoms in total. The lowest BCUT2D eigenvalue weighted by atomic mass is 9.52. The fourth-order valence-electron chi connectivity index (χ4n) is 17.0. The Hall–Kier alpha value is -2.69. The van der Waals surface area contributed by atoms with Crippen molar-refractivity contribution >= 4 is 29.8 Å². The van der Waals surface area contributed by atoms with Crippen LogP contribution in [0, 0.1) is 79.8 Å². The number of hydrogen-bond donors (Lipinski definition) is 1. The zero-order valence-electron chi connectivity index (χ0n) is 52.7. The second-order valence-electron chi connectivity index (χ2n) is 31.7. The fraction of sp³-hybridized carbons (Fsp3) is 0.925. The first-order chi connectivity index (χ1) is 36.0. The quantitative estimate of drug-likeness (QED) is 0.107. The van der Waals surface area contributed by atoms with Gasteiger partial charge < -0.3 is 28.8 Å². The number of hydrogen-bond acceptors (Lipinski definition) is 11. The Morgan fingerprint density at radius 2 is 1.03 bits per heavy atom. The summed E-state index contributed by atoms with van der Waals surface area (Å²) in [5, 5.41) is 10.6. The molecule has 446 valence electrons. The minimum Gasteiger partial charge on any atom is -0.459 e. The second kappa shape index (κ2) is 22.1. The number of ether oxygens (including phenoxy) is 5. The highest BCUT2D eigenvalue weighted by molar-refractivity contribution is 5.83. The molecular weight excluding hydrogens is 981 g/mol. The Kier molecular flexibility index (Phi) is 17.9. The molecule has 10 saturated carbocycles. The standard InChI is InChI=1S/C20H32O2.C16H26O4.C16H26O3.C15H28O2/c1-5-19(3,4)18(21)22-20(6-2)11-14-10-15(20)17-13-8-7-12(9-13)16(14)17;1-6-14(2,3)12(17)20-16-10-8-7-9-11(16)19-13(18)15(16,4)5;1-4-14(2,3)13(17)19-16-8-11-5-12(9-16)7-15(18,6-11)10-16;1-7-14(5,6)12(16)17-15(13(2,3)4)10-8-9-11-15/h12-17H,5-11H2,1-4H3;11H,6-10H2,1-5H3;11-12,18H,4-10H2,1-3H3;7-11H2,1-6H3. The van der Waals surface area contributed by atoms with E-state index >= 15 is 0 Å². The first-order valence-electron chi connectivity index (χ1n) is 31.9. The zero-order chi connectivity index (χ0) is 58.1. The highest BCUT2D eigenvalue weighted by Crippen LogP contribution is 2.71. The average molecular weight is 1090 g/mol. The van der Waals surface area contributed by atoms with Crippen LogP contribution in [0.15, 0.2) is 0 Å². The number of carbonyl (C=O) groups excluding carboxylic acids is 5. The molecule has 0 aromatic heterocycles. The number of carbonyl (C=O) groups is 5. The van der Waals surface area contributed by atoms with Crippen LogP contribution >= 0.6 is 0 Å². The van der Waals surface area contributed by atoms with E-state index in [1.807, 2.05) is 90.0 Å². The third-order valence-electron chi connectivity index (χ3n) is 23.8. The maximum atomic E-state index is 12.7. The molecule has 0 radical (unpaired) electrons. The van der Waals surface area contributed by atoms with E-state index in [0.29, 0.717) is 37.0 Å². The number of rotatable bonds is 13. The largest absolute Gasteiger partial charge is 0.459 e. The molecule has 0 aromatic carbocycles. The molecule has 1 N–H and O–H groups in total. The van der Waals surface area contributed by atoms with Crippen LogP contribution in [0.2, 0.25) is 0 Å². The molecule has 78 heavy (non-hydrogen) atoms. The molecule has 10 aliphatic carbocycles. The van der Waals surface area contributed by atoms with Crippen LogP contribution in [-0.4, -0.2) is 69.1 Å². The van der Waals surface area contributed by atoms with E-state index in [4.69, 9.17) is 23.7 Å². The number of aliphatic hydroxyl groups is 1. The molecule has 11 heteroatoms. The summed E-state index contributed by atoms with van der Waals surface area (Å²) in [6.45, 7) is 36.3. The summed E-state index contributed by atoms with van der Waals surface area (Å²) in [6.07, 6.45) is 24.4. The minimum atomic E-state index is -0.786. The molecule has 0 amide bonds. The van der Waals surface area contributed by atoms with Gasteiger partial charge in [-0.15, -0.1) is 0 Å². The van der Waals surface area contributed by atoms with Crippen molar-refractivity contribution in [3.63, 3.8) is 0 Å². The third kappa shape index (κ3) is 11.7. The predicted octanol–water partition coefficient (Wildman–Crippen LogP) is 15.4. The van der Waals surface area contributed by atoms with Crippen LogP contribution in [0.3, 0.4) is 0 Å². The normalized spacial score (nSPS) is 37.3. The van der Waals surface area contributed by atoms with Gasteiger partial charge in [-0.05, 0) is 258 Å². The van der Waals surface area contributed by atoms with Crippen LogP contribution in [-0.2, 0) is 47.7 Å². The van der Waals surface area contributed by atoms with E-state index in [1.165, 1.54) is 44.9 Å². The van der Waals surface area contributed by atoms with E-state index < -0.39 is 27.4 Å². The van der Waals surface area contributed by atoms with Gasteiger partial charge in [0, 0.05) is 17.8 Å². The summed E-state index contributed by atoms with van der Waals surface area (Å²) < 4.78 is 29.7. The van der Waals surface area contributed by atoms with Gasteiger partial charge in [-0.2, -0.15) is 0 Å². The minimum absolute atomic E-state index is 0.0307. The van der Waals surface area contributed by atoms with Crippen LogP contribution < -0.4 is 0 Å². The molecule has 0 aromatic rings. The van der Waals surface area contributed by atoms with Crippen LogP contribution in [0.5, 0.6) is 0 Å². The molecule has 11 rings (SSSR count). The smallest absolute Gasteiger partial charge is 0.316 e. The first-order valence-corrected chi connectivity index (χ1v) is 31.9. The van der Waals surface area contributed by atoms with Crippen molar-refractivity contribution in [1.29, 1.82) is 0 Å². The molecular formula is C67H112O11. The molecule has 11 aliphatic rings. The van der Waals surface area contributed by atoms with E-state index in [-0.39, 0.29) is 69.0 Å². The van der Waals surface area contributed by atoms with Gasteiger partial charge in [-0.3, -0.25) is 24.0 Å². The van der Waals surface area contributed by atoms with Crippen molar-refractivity contribution in [3.8, 4) is 0 Å². The Labute approximate surface area is 473 Å². The molecule has 8 bridgehead atoms. The van der Waals surface area contributed by atoms with E-state index in [1.54, 1.807) is 0 Å². The summed E-state index contributed by atoms with van der Waals surface area (Å²) in [6, 6.07) is 0. The Balaban J connectivity index is 0.000000152. The molecule has 0 spiro atoms. The van der Waals surface area contributed by atoms with Gasteiger partial charge in [0.25, 0.3) is 0 Å². The topological polar surface area (TPSA) is 152 Å². The van der Waals surface area contributed by atoms with Crippen molar-refractivity contribution in [3.05, 3.63) is 0 Å². The van der Waals surface area contributed by atoms with Gasteiger partial charge in [0.15, 0.2) is 5.60 Å². The summed E-state index contributed by atoms with van der Waals surface area (Å²) in [4.78, 5) is 62.0. The van der Waals surface area contributed by atoms with E-state index in [0.717, 1.165) is 119 Å². The Morgan fingerprint density at radius 3 is 1.51 bits per heavy atom. The second-order valence-corrected chi connectivity index (χ2v) is 31.7. The van der Waals surface area contributed by atoms with Crippen LogP contribution in [0.1, 0.15) is 279 Å². The highest BCUT2D eigenvalue weighted by atomic mass is 16.6. The van der Waals surface area contributed by atoms with Crippen molar-refractivity contribution in [2.45, 2.75) is 313 Å². The molecule has 1 saturated heterocycles. The lowest BCUT2D eigenvalue weighted by Crippen LogP contribution is -2.61. The number of fused-ring (bicyclic) bond motifs is 10. The summed E-state index contributed by atoms with van der Waals surface area (Å²) >= 11 is 0. The van der Waals surface area contributed by atoms with Gasteiger partial charge in [0.1, 0.15) is 28.3 Å².